The van der Waals surface area contributed by atoms with Gasteiger partial charge < -0.3 is 15.5 Å². The van der Waals surface area contributed by atoms with Crippen molar-refractivity contribution in [3.8, 4) is 0 Å². The first-order chi connectivity index (χ1) is 19.4. The highest BCUT2D eigenvalue weighted by Gasteiger charge is 2.51. The number of carbonyl (C=O) groups excluding carboxylic acids is 3. The Balaban J connectivity index is 1.12. The predicted molar refractivity (Wildman–Crippen MR) is 145 cm³/mol. The molecule has 204 valence electrons. The number of benzene rings is 1. The number of likely N-dealkylation sites (tertiary alicyclic amines) is 1. The van der Waals surface area contributed by atoms with Gasteiger partial charge in [0.25, 0.3) is 5.91 Å². The molecule has 1 aromatic carbocycles. The van der Waals surface area contributed by atoms with E-state index in [9.17, 15) is 18.8 Å². The van der Waals surface area contributed by atoms with E-state index in [-0.39, 0.29) is 23.5 Å². The molecule has 8 nitrogen and oxygen atoms in total. The number of nitrogens with one attached hydrogen (secondary N) is 2. The molecule has 2 N–H and O–H groups in total. The van der Waals surface area contributed by atoms with E-state index in [4.69, 9.17) is 0 Å². The maximum atomic E-state index is 14.7. The van der Waals surface area contributed by atoms with E-state index < -0.39 is 17.4 Å². The molecule has 2 aromatic heterocycles. The first-order valence-electron chi connectivity index (χ1n) is 14.0. The number of hydrogen-bond donors (Lipinski definition) is 2. The van der Waals surface area contributed by atoms with E-state index in [1.54, 1.807) is 30.5 Å². The Morgan fingerprint density at radius 3 is 2.77 bits per heavy atom. The number of amides is 3. The number of halogens is 1. The van der Waals surface area contributed by atoms with Crippen molar-refractivity contribution in [2.24, 2.45) is 5.92 Å². The average Bonchev–Trinajstić information content (AvgIpc) is 3.45. The number of rotatable bonds is 5. The van der Waals surface area contributed by atoms with Crippen molar-refractivity contribution in [1.82, 2.24) is 20.2 Å². The molecule has 1 spiro atoms. The topological polar surface area (TPSA) is 104 Å². The van der Waals surface area contributed by atoms with Gasteiger partial charge in [-0.2, -0.15) is 0 Å². The van der Waals surface area contributed by atoms with Gasteiger partial charge in [-0.05, 0) is 60.9 Å². The SMILES string of the molecule is O=C(N[C@H]1C[C@@H](c2ccccc2F)CN(CC2CCC2)C1=O)c1cnc2c(c1)CC1(C2)C(=O)Nc2ncccc21. The molecule has 1 saturated heterocycles. The van der Waals surface area contributed by atoms with Crippen LogP contribution in [0, 0.1) is 11.7 Å². The van der Waals surface area contributed by atoms with E-state index in [2.05, 4.69) is 20.6 Å². The van der Waals surface area contributed by atoms with Crippen LogP contribution in [0.1, 0.15) is 64.3 Å². The Labute approximate surface area is 231 Å². The van der Waals surface area contributed by atoms with Gasteiger partial charge in [0.05, 0.1) is 11.0 Å². The normalized spacial score (nSPS) is 25.4. The zero-order valence-electron chi connectivity index (χ0n) is 22.0. The molecule has 40 heavy (non-hydrogen) atoms. The molecule has 3 atom stereocenters. The maximum Gasteiger partial charge on any atom is 0.253 e. The first-order valence-corrected chi connectivity index (χ1v) is 14.0. The molecule has 2 aliphatic carbocycles. The van der Waals surface area contributed by atoms with E-state index in [1.807, 2.05) is 17.0 Å². The van der Waals surface area contributed by atoms with Crippen LogP contribution in [0.15, 0.2) is 54.9 Å². The average molecular weight is 540 g/mol. The van der Waals surface area contributed by atoms with E-state index in [1.165, 1.54) is 18.7 Å². The molecular formula is C31H30FN5O3. The van der Waals surface area contributed by atoms with Crippen LogP contribution in [0.25, 0.3) is 0 Å². The summed E-state index contributed by atoms with van der Waals surface area (Å²) in [5.74, 6) is -0.0931. The highest BCUT2D eigenvalue weighted by molar-refractivity contribution is 6.06. The molecule has 2 fully saturated rings. The minimum atomic E-state index is -0.775. The Kier molecular flexibility index (Phi) is 5.91. The largest absolute Gasteiger partial charge is 0.340 e. The van der Waals surface area contributed by atoms with Crippen LogP contribution >= 0.6 is 0 Å². The van der Waals surface area contributed by atoms with Gasteiger partial charge in [0.15, 0.2) is 0 Å². The van der Waals surface area contributed by atoms with Crippen molar-refractivity contribution in [3.63, 3.8) is 0 Å². The van der Waals surface area contributed by atoms with Crippen LogP contribution in [0.4, 0.5) is 10.2 Å². The monoisotopic (exact) mass is 539 g/mol. The predicted octanol–water partition coefficient (Wildman–Crippen LogP) is 3.52. The summed E-state index contributed by atoms with van der Waals surface area (Å²) in [5.41, 5.74) is 2.60. The van der Waals surface area contributed by atoms with E-state index >= 15 is 0 Å². The highest BCUT2D eigenvalue weighted by Crippen LogP contribution is 2.46. The molecule has 4 aliphatic rings. The summed E-state index contributed by atoms with van der Waals surface area (Å²) in [6, 6.07) is 11.4. The second-order valence-corrected chi connectivity index (χ2v) is 11.6. The Morgan fingerprint density at radius 1 is 1.12 bits per heavy atom. The van der Waals surface area contributed by atoms with Crippen LogP contribution in [0.3, 0.4) is 0 Å². The molecule has 3 aromatic rings. The molecule has 9 heteroatoms. The molecule has 7 rings (SSSR count). The van der Waals surface area contributed by atoms with Crippen molar-refractivity contribution in [2.45, 2.75) is 55.9 Å². The van der Waals surface area contributed by atoms with E-state index in [0.717, 1.165) is 29.7 Å². The summed E-state index contributed by atoms with van der Waals surface area (Å²) in [6.45, 7) is 1.08. The third-order valence-corrected chi connectivity index (χ3v) is 9.20. The lowest BCUT2D eigenvalue weighted by Crippen LogP contribution is -2.55. The zero-order chi connectivity index (χ0) is 27.4. The molecule has 3 amide bonds. The van der Waals surface area contributed by atoms with Crippen LogP contribution < -0.4 is 10.6 Å². The van der Waals surface area contributed by atoms with Gasteiger partial charge in [-0.25, -0.2) is 9.37 Å². The summed E-state index contributed by atoms with van der Waals surface area (Å²) in [4.78, 5) is 50.6. The molecule has 4 heterocycles. The summed E-state index contributed by atoms with van der Waals surface area (Å²) in [7, 11) is 0. The first kappa shape index (κ1) is 24.9. The van der Waals surface area contributed by atoms with Gasteiger partial charge in [0.1, 0.15) is 17.7 Å². The fraction of sp³-hybridized carbons (Fsp3) is 0.387. The maximum absolute atomic E-state index is 14.7. The number of piperidine rings is 1. The van der Waals surface area contributed by atoms with E-state index in [0.29, 0.717) is 55.2 Å². The standard InChI is InChI=1S/C31H30FN5O3/c32-24-9-2-1-7-22(24)21-12-25(29(39)37(17-21)16-18-5-3-6-18)35-28(38)20-11-19-13-31(14-26(19)34-15-20)23-8-4-10-33-27(23)36-30(31)40/h1-2,4,7-11,15,18,21,25H,3,5-6,12-14,16-17H2,(H,35,38)(H,33,36,40)/t21-,25+,31?/m1/s1. The van der Waals surface area contributed by atoms with Crippen molar-refractivity contribution in [2.75, 3.05) is 18.4 Å². The van der Waals surface area contributed by atoms with Gasteiger partial charge in [-0.3, -0.25) is 19.4 Å². The lowest BCUT2D eigenvalue weighted by molar-refractivity contribution is -0.137. The number of carbonyl (C=O) groups is 3. The highest BCUT2D eigenvalue weighted by atomic mass is 19.1. The number of nitrogens with zero attached hydrogens (tertiary/aromatic N) is 3. The van der Waals surface area contributed by atoms with Crippen molar-refractivity contribution < 1.29 is 18.8 Å². The summed E-state index contributed by atoms with van der Waals surface area (Å²) < 4.78 is 14.7. The van der Waals surface area contributed by atoms with Gasteiger partial charge in [0.2, 0.25) is 11.8 Å². The number of pyridine rings is 2. The fourth-order valence-electron chi connectivity index (χ4n) is 6.82. The summed E-state index contributed by atoms with van der Waals surface area (Å²) >= 11 is 0. The van der Waals surface area contributed by atoms with Crippen molar-refractivity contribution in [3.05, 3.63) is 88.6 Å². The zero-order valence-corrected chi connectivity index (χ0v) is 22.0. The van der Waals surface area contributed by atoms with Gasteiger partial charge in [0, 0.05) is 49.1 Å². The number of anilines is 1. The van der Waals surface area contributed by atoms with Crippen LogP contribution in [-0.4, -0.2) is 51.7 Å². The van der Waals surface area contributed by atoms with Crippen LogP contribution in [-0.2, 0) is 27.8 Å². The number of hydrogen-bond acceptors (Lipinski definition) is 5. The minimum Gasteiger partial charge on any atom is -0.340 e. The lowest BCUT2D eigenvalue weighted by atomic mass is 9.80. The van der Waals surface area contributed by atoms with Crippen molar-refractivity contribution >= 4 is 23.5 Å². The molecule has 2 aliphatic heterocycles. The lowest BCUT2D eigenvalue weighted by Gasteiger charge is -2.41. The van der Waals surface area contributed by atoms with Gasteiger partial charge in [-0.1, -0.05) is 30.7 Å². The Morgan fingerprint density at radius 2 is 1.98 bits per heavy atom. The van der Waals surface area contributed by atoms with Gasteiger partial charge in [-0.15, -0.1) is 0 Å². The molecular weight excluding hydrogens is 509 g/mol. The van der Waals surface area contributed by atoms with Crippen LogP contribution in [0.5, 0.6) is 0 Å². The second kappa shape index (κ2) is 9.50. The smallest absolute Gasteiger partial charge is 0.253 e. The Hall–Kier alpha value is -4.14. The Bertz CT molecular complexity index is 1540. The third-order valence-electron chi connectivity index (χ3n) is 9.20. The third kappa shape index (κ3) is 4.06. The number of fused-ring (bicyclic) bond motifs is 3. The summed E-state index contributed by atoms with van der Waals surface area (Å²) in [5, 5.41) is 5.82. The fourth-order valence-corrected chi connectivity index (χ4v) is 6.82. The van der Waals surface area contributed by atoms with Gasteiger partial charge >= 0.3 is 0 Å². The molecule has 1 saturated carbocycles. The summed E-state index contributed by atoms with van der Waals surface area (Å²) in [6.07, 6.45) is 7.70. The molecule has 1 unspecified atom stereocenters. The molecule has 0 bridgehead atoms. The molecule has 0 radical (unpaired) electrons. The number of aromatic nitrogens is 2. The van der Waals surface area contributed by atoms with Crippen LogP contribution in [0.2, 0.25) is 0 Å². The van der Waals surface area contributed by atoms with Crippen molar-refractivity contribution in [1.29, 1.82) is 0 Å². The second-order valence-electron chi connectivity index (χ2n) is 11.6. The quantitative estimate of drug-likeness (QED) is 0.517. The minimum absolute atomic E-state index is 0.108.